The van der Waals surface area contributed by atoms with Crippen LogP contribution in [-0.4, -0.2) is 28.1 Å². The summed E-state index contributed by atoms with van der Waals surface area (Å²) < 4.78 is 44.9. The van der Waals surface area contributed by atoms with Gasteiger partial charge in [-0.1, -0.05) is 29.8 Å². The zero-order chi connectivity index (χ0) is 22.8. The fraction of sp³-hybridized carbons (Fsp3) is 0.143. The molecule has 0 atom stereocenters. The van der Waals surface area contributed by atoms with Gasteiger partial charge in [-0.15, -0.1) is 0 Å². The number of esters is 1. The molecule has 0 aliphatic rings. The van der Waals surface area contributed by atoms with Crippen LogP contribution in [0.25, 0.3) is 5.69 Å². The number of ether oxygens (including phenoxy) is 1. The highest BCUT2D eigenvalue weighted by molar-refractivity contribution is 6.31. The van der Waals surface area contributed by atoms with Crippen LogP contribution in [0.2, 0.25) is 5.02 Å². The van der Waals surface area contributed by atoms with Gasteiger partial charge in [-0.2, -0.15) is 18.3 Å². The molecular weight excluding hydrogens is 437 g/mol. The van der Waals surface area contributed by atoms with E-state index in [9.17, 15) is 27.6 Å². The summed E-state index contributed by atoms with van der Waals surface area (Å²) >= 11 is 5.81. The quantitative estimate of drug-likeness (QED) is 0.429. The molecule has 0 N–H and O–H groups in total. The number of ketones is 1. The molecule has 0 amide bonds. The number of rotatable bonds is 5. The maximum Gasteiger partial charge on any atom is 0.416 e. The zero-order valence-electron chi connectivity index (χ0n) is 15.9. The molecule has 3 aromatic rings. The average Bonchev–Trinajstić information content (AvgIpc) is 2.71. The van der Waals surface area contributed by atoms with Crippen LogP contribution >= 0.6 is 11.6 Å². The monoisotopic (exact) mass is 450 g/mol. The zero-order valence-corrected chi connectivity index (χ0v) is 16.7. The van der Waals surface area contributed by atoms with Crippen LogP contribution in [0, 0.1) is 6.92 Å². The Morgan fingerprint density at radius 3 is 2.48 bits per heavy atom. The van der Waals surface area contributed by atoms with Crippen molar-refractivity contribution in [3.63, 3.8) is 0 Å². The first-order chi connectivity index (χ1) is 14.6. The van der Waals surface area contributed by atoms with Gasteiger partial charge in [-0.25, -0.2) is 9.48 Å². The molecule has 0 spiro atoms. The molecule has 0 bridgehead atoms. The molecule has 0 saturated carbocycles. The molecule has 0 radical (unpaired) electrons. The molecule has 0 unspecified atom stereocenters. The van der Waals surface area contributed by atoms with E-state index in [1.807, 2.05) is 0 Å². The van der Waals surface area contributed by atoms with Crippen LogP contribution in [0.4, 0.5) is 13.2 Å². The van der Waals surface area contributed by atoms with Crippen LogP contribution in [0.5, 0.6) is 0 Å². The maximum absolute atomic E-state index is 13.0. The summed E-state index contributed by atoms with van der Waals surface area (Å²) in [6.07, 6.45) is -4.58. The van der Waals surface area contributed by atoms with Crippen molar-refractivity contribution in [2.24, 2.45) is 0 Å². The molecule has 10 heteroatoms. The molecule has 0 aliphatic carbocycles. The number of Topliss-reactive ketones (excluding diaryl/α,β-unsaturated/α-hetero) is 1. The minimum absolute atomic E-state index is 0.00335. The summed E-state index contributed by atoms with van der Waals surface area (Å²) in [6, 6.07) is 11.3. The van der Waals surface area contributed by atoms with E-state index in [0.717, 1.165) is 22.9 Å². The Kier molecular flexibility index (Phi) is 6.26. The minimum Gasteiger partial charge on any atom is -0.452 e. The second kappa shape index (κ2) is 8.73. The Morgan fingerprint density at radius 2 is 1.81 bits per heavy atom. The van der Waals surface area contributed by atoms with Gasteiger partial charge >= 0.3 is 12.1 Å². The second-order valence-corrected chi connectivity index (χ2v) is 6.90. The lowest BCUT2D eigenvalue weighted by Gasteiger charge is -2.13. The molecule has 160 valence electrons. The summed E-state index contributed by atoms with van der Waals surface area (Å²) in [7, 11) is 0. The highest BCUT2D eigenvalue weighted by atomic mass is 35.5. The van der Waals surface area contributed by atoms with E-state index in [0.29, 0.717) is 5.02 Å². The van der Waals surface area contributed by atoms with Gasteiger partial charge in [0, 0.05) is 22.3 Å². The van der Waals surface area contributed by atoms with E-state index in [1.54, 1.807) is 12.1 Å². The number of aryl methyl sites for hydroxylation is 1. The minimum atomic E-state index is -4.58. The lowest BCUT2D eigenvalue weighted by atomic mass is 10.1. The molecule has 0 aliphatic heterocycles. The van der Waals surface area contributed by atoms with Crippen LogP contribution in [0.1, 0.15) is 32.1 Å². The van der Waals surface area contributed by atoms with Crippen LogP contribution in [0.3, 0.4) is 0 Å². The maximum atomic E-state index is 13.0. The van der Waals surface area contributed by atoms with Gasteiger partial charge in [0.15, 0.2) is 12.4 Å². The van der Waals surface area contributed by atoms with E-state index >= 15 is 0 Å². The summed E-state index contributed by atoms with van der Waals surface area (Å²) in [5.41, 5.74) is -1.96. The van der Waals surface area contributed by atoms with Crippen molar-refractivity contribution >= 4 is 23.4 Å². The van der Waals surface area contributed by atoms with Crippen molar-refractivity contribution in [1.82, 2.24) is 9.78 Å². The predicted octanol–water partition coefficient (Wildman–Crippen LogP) is 4.25. The molecule has 31 heavy (non-hydrogen) atoms. The SMILES string of the molecule is Cc1cc(=O)c(C(=O)OCC(=O)c2cccc(Cl)c2)nn1-c1cccc(C(F)(F)F)c1. The highest BCUT2D eigenvalue weighted by Crippen LogP contribution is 2.30. The van der Waals surface area contributed by atoms with Crippen molar-refractivity contribution in [3.8, 4) is 5.69 Å². The third-order valence-electron chi connectivity index (χ3n) is 4.20. The summed E-state index contributed by atoms with van der Waals surface area (Å²) in [6.45, 7) is 0.782. The molecule has 0 saturated heterocycles. The van der Waals surface area contributed by atoms with Gasteiger partial charge < -0.3 is 4.74 Å². The van der Waals surface area contributed by atoms with Crippen molar-refractivity contribution in [3.05, 3.63) is 92.4 Å². The van der Waals surface area contributed by atoms with E-state index in [1.165, 1.54) is 31.2 Å². The molecule has 0 fully saturated rings. The number of nitrogens with zero attached hydrogens (tertiary/aromatic N) is 2. The fourth-order valence-corrected chi connectivity index (χ4v) is 2.90. The Labute approximate surface area is 178 Å². The first-order valence-corrected chi connectivity index (χ1v) is 9.18. The van der Waals surface area contributed by atoms with Crippen LogP contribution in [-0.2, 0) is 10.9 Å². The Morgan fingerprint density at radius 1 is 1.10 bits per heavy atom. The largest absolute Gasteiger partial charge is 0.452 e. The van der Waals surface area contributed by atoms with Crippen molar-refractivity contribution < 1.29 is 27.5 Å². The van der Waals surface area contributed by atoms with E-state index in [4.69, 9.17) is 16.3 Å². The first-order valence-electron chi connectivity index (χ1n) is 8.81. The third kappa shape index (κ3) is 5.18. The second-order valence-electron chi connectivity index (χ2n) is 6.47. The molecule has 1 heterocycles. The van der Waals surface area contributed by atoms with Crippen molar-refractivity contribution in [1.29, 1.82) is 0 Å². The Hall–Kier alpha value is -3.46. The third-order valence-corrected chi connectivity index (χ3v) is 4.43. The normalized spacial score (nSPS) is 11.3. The van der Waals surface area contributed by atoms with Crippen LogP contribution < -0.4 is 5.43 Å². The van der Waals surface area contributed by atoms with E-state index < -0.39 is 41.2 Å². The van der Waals surface area contributed by atoms with Gasteiger partial charge in [-0.3, -0.25) is 9.59 Å². The smallest absolute Gasteiger partial charge is 0.416 e. The molecule has 6 nitrogen and oxygen atoms in total. The lowest BCUT2D eigenvalue weighted by molar-refractivity contribution is -0.137. The van der Waals surface area contributed by atoms with Gasteiger partial charge in [0.25, 0.3) is 0 Å². The number of aromatic nitrogens is 2. The molecule has 1 aromatic heterocycles. The van der Waals surface area contributed by atoms with Gasteiger partial charge in [0.1, 0.15) is 0 Å². The molecular formula is C21H14ClF3N2O4. The number of halogens is 4. The van der Waals surface area contributed by atoms with Gasteiger partial charge in [0.05, 0.1) is 11.3 Å². The number of benzene rings is 2. The molecule has 3 rings (SSSR count). The fourth-order valence-electron chi connectivity index (χ4n) is 2.71. The number of hydrogen-bond acceptors (Lipinski definition) is 5. The summed E-state index contributed by atoms with van der Waals surface area (Å²) in [5, 5.41) is 4.18. The highest BCUT2D eigenvalue weighted by Gasteiger charge is 2.30. The average molecular weight is 451 g/mol. The van der Waals surface area contributed by atoms with Crippen molar-refractivity contribution in [2.45, 2.75) is 13.1 Å². The Balaban J connectivity index is 1.86. The number of carbonyl (C=O) groups is 2. The van der Waals surface area contributed by atoms with Gasteiger partial charge in [0.2, 0.25) is 11.1 Å². The first kappa shape index (κ1) is 22.2. The number of hydrogen-bond donors (Lipinski definition) is 0. The van der Waals surface area contributed by atoms with Crippen LogP contribution in [0.15, 0.2) is 59.4 Å². The van der Waals surface area contributed by atoms with E-state index in [2.05, 4.69) is 5.10 Å². The van der Waals surface area contributed by atoms with E-state index in [-0.39, 0.29) is 16.9 Å². The standard InChI is InChI=1S/C21H14ClF3N2O4/c1-12-8-17(28)19(20(30)31-11-18(29)13-4-2-6-15(22)9-13)26-27(12)16-7-3-5-14(10-16)21(23,24)25/h2-10H,11H2,1H3. The van der Waals surface area contributed by atoms with Crippen molar-refractivity contribution in [2.75, 3.05) is 6.61 Å². The topological polar surface area (TPSA) is 78.3 Å². The molecule has 2 aromatic carbocycles. The number of carbonyl (C=O) groups excluding carboxylic acids is 2. The number of alkyl halides is 3. The Bertz CT molecular complexity index is 1220. The van der Waals surface area contributed by atoms with Gasteiger partial charge in [-0.05, 0) is 37.3 Å². The lowest BCUT2D eigenvalue weighted by Crippen LogP contribution is -2.25. The predicted molar refractivity (Wildman–Crippen MR) is 106 cm³/mol. The summed E-state index contributed by atoms with van der Waals surface area (Å²) in [4.78, 5) is 36.7. The summed E-state index contributed by atoms with van der Waals surface area (Å²) in [5.74, 6) is -1.73.